The number of ether oxygens (including phenoxy) is 1. The number of nitrogens with zero attached hydrogens (tertiary/aromatic N) is 2. The van der Waals surface area contributed by atoms with Gasteiger partial charge < -0.3 is 14.7 Å². The lowest BCUT2D eigenvalue weighted by molar-refractivity contribution is 0.0526. The lowest BCUT2D eigenvalue weighted by Crippen LogP contribution is -2.24. The quantitative estimate of drug-likeness (QED) is 0.860. The van der Waals surface area contributed by atoms with Crippen molar-refractivity contribution in [2.24, 2.45) is 0 Å². The third-order valence-corrected chi connectivity index (χ3v) is 3.59. The van der Waals surface area contributed by atoms with Gasteiger partial charge in [-0.1, -0.05) is 11.6 Å². The highest BCUT2D eigenvalue weighted by Crippen LogP contribution is 2.31. The summed E-state index contributed by atoms with van der Waals surface area (Å²) in [5.74, 6) is -0.393. The number of anilines is 1. The average molecular weight is 302 g/mol. The van der Waals surface area contributed by atoms with E-state index in [4.69, 9.17) is 4.74 Å². The Balaban J connectivity index is 2.74. The van der Waals surface area contributed by atoms with E-state index in [1.54, 1.807) is 13.1 Å². The van der Waals surface area contributed by atoms with Crippen molar-refractivity contribution in [2.75, 3.05) is 31.7 Å². The molecular formula is C17H22N2O3. The summed E-state index contributed by atoms with van der Waals surface area (Å²) < 4.78 is 5.14. The van der Waals surface area contributed by atoms with Crippen LogP contribution >= 0.6 is 0 Å². The van der Waals surface area contributed by atoms with Crippen LogP contribution < -0.4 is 4.90 Å². The van der Waals surface area contributed by atoms with Crippen LogP contribution in [0.25, 0.3) is 10.9 Å². The number of rotatable bonds is 5. The lowest BCUT2D eigenvalue weighted by Gasteiger charge is -2.23. The zero-order valence-corrected chi connectivity index (χ0v) is 13.5. The number of carbonyl (C=O) groups excluding carboxylic acids is 1. The first-order valence-electron chi connectivity index (χ1n) is 7.38. The summed E-state index contributed by atoms with van der Waals surface area (Å²) >= 11 is 0. The molecule has 5 nitrogen and oxygen atoms in total. The number of fused-ring (bicyclic) bond motifs is 1. The first-order valence-corrected chi connectivity index (χ1v) is 7.38. The highest BCUT2D eigenvalue weighted by atomic mass is 16.5. The highest BCUT2D eigenvalue weighted by molar-refractivity contribution is 6.06. The number of aryl methyl sites for hydroxylation is 2. The van der Waals surface area contributed by atoms with Gasteiger partial charge in [0.15, 0.2) is 0 Å². The van der Waals surface area contributed by atoms with E-state index < -0.39 is 5.97 Å². The van der Waals surface area contributed by atoms with E-state index in [1.165, 1.54) is 0 Å². The number of hydrogen-bond donors (Lipinski definition) is 1. The maximum absolute atomic E-state index is 12.2. The van der Waals surface area contributed by atoms with Crippen LogP contribution in [0.5, 0.6) is 0 Å². The van der Waals surface area contributed by atoms with Crippen molar-refractivity contribution in [3.05, 3.63) is 35.0 Å². The maximum atomic E-state index is 12.2. The molecule has 0 aliphatic carbocycles. The fourth-order valence-corrected chi connectivity index (χ4v) is 2.68. The second-order valence-corrected chi connectivity index (χ2v) is 5.36. The largest absolute Gasteiger partial charge is 0.462 e. The molecule has 0 aliphatic heterocycles. The first-order chi connectivity index (χ1) is 10.5. The fraction of sp³-hybridized carbons (Fsp3) is 0.412. The molecule has 0 fully saturated rings. The van der Waals surface area contributed by atoms with Gasteiger partial charge in [-0.25, -0.2) is 4.79 Å². The van der Waals surface area contributed by atoms with Gasteiger partial charge in [-0.05, 0) is 32.4 Å². The molecule has 0 spiro atoms. The summed E-state index contributed by atoms with van der Waals surface area (Å²) in [5, 5.41) is 10.1. The number of pyridine rings is 1. The Kier molecular flexibility index (Phi) is 4.98. The smallest absolute Gasteiger partial charge is 0.341 e. The van der Waals surface area contributed by atoms with Crippen molar-refractivity contribution in [1.29, 1.82) is 0 Å². The van der Waals surface area contributed by atoms with E-state index in [0.717, 1.165) is 27.7 Å². The van der Waals surface area contributed by atoms with Gasteiger partial charge in [0.05, 0.1) is 24.4 Å². The van der Waals surface area contributed by atoms with Crippen molar-refractivity contribution in [3.63, 3.8) is 0 Å². The third kappa shape index (κ3) is 3.04. The molecule has 0 bridgehead atoms. The Morgan fingerprint density at radius 1 is 1.36 bits per heavy atom. The fourth-order valence-electron chi connectivity index (χ4n) is 2.68. The molecule has 2 rings (SSSR count). The Morgan fingerprint density at radius 2 is 2.09 bits per heavy atom. The highest BCUT2D eigenvalue weighted by Gasteiger charge is 2.20. The van der Waals surface area contributed by atoms with Crippen LogP contribution in [-0.2, 0) is 4.74 Å². The van der Waals surface area contributed by atoms with Gasteiger partial charge in [-0.2, -0.15) is 0 Å². The molecule has 5 heteroatoms. The Hall–Kier alpha value is -2.14. The molecular weight excluding hydrogens is 280 g/mol. The van der Waals surface area contributed by atoms with Crippen LogP contribution in [0.15, 0.2) is 18.3 Å². The SMILES string of the molecule is CCOC(=O)c1cnc2c(C)cc(C)cc2c1N(C)CCO. The molecule has 0 saturated carbocycles. The molecule has 1 aromatic carbocycles. The number of hydrogen-bond acceptors (Lipinski definition) is 5. The number of carbonyl (C=O) groups is 1. The van der Waals surface area contributed by atoms with Gasteiger partial charge in [0, 0.05) is 25.2 Å². The molecule has 2 aromatic rings. The van der Waals surface area contributed by atoms with Gasteiger partial charge >= 0.3 is 5.97 Å². The summed E-state index contributed by atoms with van der Waals surface area (Å²) in [6.45, 7) is 6.54. The summed E-state index contributed by atoms with van der Waals surface area (Å²) in [7, 11) is 1.85. The second kappa shape index (κ2) is 6.75. The van der Waals surface area contributed by atoms with Crippen LogP contribution in [0.4, 0.5) is 5.69 Å². The summed E-state index contributed by atoms with van der Waals surface area (Å²) in [4.78, 5) is 18.5. The monoisotopic (exact) mass is 302 g/mol. The molecule has 0 aliphatic rings. The van der Waals surface area contributed by atoms with Crippen LogP contribution in [-0.4, -0.2) is 42.9 Å². The van der Waals surface area contributed by atoms with Gasteiger partial charge in [0.25, 0.3) is 0 Å². The Bertz CT molecular complexity index is 698. The normalized spacial score (nSPS) is 10.8. The average Bonchev–Trinajstić information content (AvgIpc) is 2.46. The predicted molar refractivity (Wildman–Crippen MR) is 87.5 cm³/mol. The topological polar surface area (TPSA) is 62.7 Å². The van der Waals surface area contributed by atoms with Gasteiger partial charge in [-0.3, -0.25) is 4.98 Å². The Labute approximate surface area is 130 Å². The minimum absolute atomic E-state index is 0.00732. The molecule has 0 unspecified atom stereocenters. The maximum Gasteiger partial charge on any atom is 0.341 e. The minimum Gasteiger partial charge on any atom is -0.462 e. The lowest BCUT2D eigenvalue weighted by atomic mass is 10.0. The van der Waals surface area contributed by atoms with Gasteiger partial charge in [-0.15, -0.1) is 0 Å². The van der Waals surface area contributed by atoms with Crippen molar-refractivity contribution in [1.82, 2.24) is 4.98 Å². The molecule has 1 heterocycles. The third-order valence-electron chi connectivity index (χ3n) is 3.59. The molecule has 0 saturated heterocycles. The molecule has 22 heavy (non-hydrogen) atoms. The molecule has 118 valence electrons. The zero-order valence-electron chi connectivity index (χ0n) is 13.5. The van der Waals surface area contributed by atoms with E-state index in [2.05, 4.69) is 11.1 Å². The summed E-state index contributed by atoms with van der Waals surface area (Å²) in [5.41, 5.74) is 4.20. The van der Waals surface area contributed by atoms with E-state index in [-0.39, 0.29) is 6.61 Å². The minimum atomic E-state index is -0.393. The Morgan fingerprint density at radius 3 is 2.73 bits per heavy atom. The summed E-state index contributed by atoms with van der Waals surface area (Å²) in [6, 6.07) is 4.08. The van der Waals surface area contributed by atoms with Crippen molar-refractivity contribution in [2.45, 2.75) is 20.8 Å². The number of aromatic nitrogens is 1. The molecule has 1 aromatic heterocycles. The molecule has 1 N–H and O–H groups in total. The number of esters is 1. The summed E-state index contributed by atoms with van der Waals surface area (Å²) in [6.07, 6.45) is 1.56. The number of aliphatic hydroxyl groups excluding tert-OH is 1. The molecule has 0 atom stereocenters. The second-order valence-electron chi connectivity index (χ2n) is 5.36. The standard InChI is InChI=1S/C17H22N2O3/c1-5-22-17(21)14-10-18-15-12(3)8-11(2)9-13(15)16(14)19(4)6-7-20/h8-10,20H,5-7H2,1-4H3. The molecule has 0 amide bonds. The predicted octanol–water partition coefficient (Wildman–Crippen LogP) is 2.46. The van der Waals surface area contributed by atoms with Gasteiger partial charge in [0.1, 0.15) is 5.56 Å². The van der Waals surface area contributed by atoms with Crippen LogP contribution in [0.2, 0.25) is 0 Å². The van der Waals surface area contributed by atoms with Crippen LogP contribution in [0, 0.1) is 13.8 Å². The van der Waals surface area contributed by atoms with E-state index in [9.17, 15) is 9.90 Å². The zero-order chi connectivity index (χ0) is 16.3. The number of aliphatic hydroxyl groups is 1. The number of benzene rings is 1. The van der Waals surface area contributed by atoms with E-state index in [0.29, 0.717) is 18.7 Å². The van der Waals surface area contributed by atoms with Crippen molar-refractivity contribution >= 4 is 22.6 Å². The van der Waals surface area contributed by atoms with Crippen LogP contribution in [0.3, 0.4) is 0 Å². The van der Waals surface area contributed by atoms with E-state index in [1.807, 2.05) is 31.9 Å². The number of likely N-dealkylation sites (N-methyl/N-ethyl adjacent to an activating group) is 1. The van der Waals surface area contributed by atoms with Crippen LogP contribution in [0.1, 0.15) is 28.4 Å². The van der Waals surface area contributed by atoms with Crippen molar-refractivity contribution < 1.29 is 14.6 Å². The van der Waals surface area contributed by atoms with Crippen molar-refractivity contribution in [3.8, 4) is 0 Å². The first kappa shape index (κ1) is 16.2. The molecule has 0 radical (unpaired) electrons. The van der Waals surface area contributed by atoms with E-state index >= 15 is 0 Å². The van der Waals surface area contributed by atoms with Gasteiger partial charge in [0.2, 0.25) is 0 Å².